The van der Waals surface area contributed by atoms with Gasteiger partial charge in [0.25, 0.3) is 6.01 Å². The van der Waals surface area contributed by atoms with Crippen LogP contribution in [0.2, 0.25) is 10.0 Å². The molecule has 4 aromatic carbocycles. The molecule has 0 amide bonds. The maximum absolute atomic E-state index is 11.4. The molecule has 1 saturated heterocycles. The van der Waals surface area contributed by atoms with E-state index in [0.29, 0.717) is 40.9 Å². The van der Waals surface area contributed by atoms with Crippen LogP contribution in [0.4, 0.5) is 0 Å². The first-order valence-corrected chi connectivity index (χ1v) is 14.6. The zero-order valence-electron chi connectivity index (χ0n) is 23.1. The number of imidazole rings is 1. The summed E-state index contributed by atoms with van der Waals surface area (Å²) in [6.45, 7) is 4.15. The molecule has 0 atom stereocenters. The molecule has 0 unspecified atom stereocenters. The summed E-state index contributed by atoms with van der Waals surface area (Å²) < 4.78 is 11.2. The molecule has 0 aliphatic carbocycles. The number of aliphatic hydroxyl groups excluding tert-OH is 1. The number of carboxylic acids is 1. The van der Waals surface area contributed by atoms with E-state index in [-0.39, 0.29) is 23.2 Å². The van der Waals surface area contributed by atoms with Crippen molar-refractivity contribution in [3.05, 3.63) is 100 Å². The second kappa shape index (κ2) is 12.8. The zero-order valence-corrected chi connectivity index (χ0v) is 24.6. The third-order valence-corrected chi connectivity index (χ3v) is 8.09. The summed E-state index contributed by atoms with van der Waals surface area (Å²) in [4.78, 5) is 21.4. The average Bonchev–Trinajstić information content (AvgIpc) is 3.37. The summed E-state index contributed by atoms with van der Waals surface area (Å²) in [6.07, 6.45) is 0. The van der Waals surface area contributed by atoms with Gasteiger partial charge in [-0.25, -0.2) is 4.79 Å². The Kier molecular flexibility index (Phi) is 8.65. The first-order valence-electron chi connectivity index (χ1n) is 13.9. The van der Waals surface area contributed by atoms with Crippen LogP contribution < -0.4 is 4.74 Å². The lowest BCUT2D eigenvalue weighted by Gasteiger charge is -2.39. The van der Waals surface area contributed by atoms with E-state index in [0.717, 1.165) is 41.9 Å². The molecule has 1 fully saturated rings. The van der Waals surface area contributed by atoms with E-state index >= 15 is 0 Å². The van der Waals surface area contributed by atoms with Crippen molar-refractivity contribution in [3.63, 3.8) is 0 Å². The lowest BCUT2D eigenvalue weighted by molar-refractivity contribution is 0.000500. The normalized spacial score (nSPS) is 13.7. The number of hydrogen-bond donors (Lipinski definition) is 3. The minimum Gasteiger partial charge on any atom is -0.478 e. The number of nitrogens with one attached hydrogen (secondary N) is 1. The molecular weight excluding hydrogens is 589 g/mol. The van der Waals surface area contributed by atoms with Gasteiger partial charge in [-0.15, -0.1) is 0 Å². The van der Waals surface area contributed by atoms with E-state index in [1.165, 1.54) is 17.7 Å². The van der Waals surface area contributed by atoms with Crippen LogP contribution in [0.25, 0.3) is 33.3 Å². The van der Waals surface area contributed by atoms with Crippen molar-refractivity contribution in [3.8, 4) is 34.0 Å². The number of rotatable bonds is 11. The van der Waals surface area contributed by atoms with Crippen LogP contribution in [0.15, 0.2) is 78.9 Å². The topological polar surface area (TPSA) is 108 Å². The highest BCUT2D eigenvalue weighted by molar-refractivity contribution is 6.34. The van der Waals surface area contributed by atoms with E-state index in [1.807, 2.05) is 18.2 Å². The van der Waals surface area contributed by atoms with Gasteiger partial charge in [-0.3, -0.25) is 4.90 Å². The van der Waals surface area contributed by atoms with E-state index in [1.54, 1.807) is 12.1 Å². The van der Waals surface area contributed by atoms with Gasteiger partial charge in [0.15, 0.2) is 0 Å². The van der Waals surface area contributed by atoms with Crippen molar-refractivity contribution in [1.82, 2.24) is 14.9 Å². The number of H-pyrrole nitrogens is 1. The summed E-state index contributed by atoms with van der Waals surface area (Å²) in [6, 6.07) is 25.2. The van der Waals surface area contributed by atoms with Crippen LogP contribution >= 0.6 is 23.2 Å². The predicted octanol–water partition coefficient (Wildman–Crippen LogP) is 7.13. The molecule has 0 saturated carbocycles. The van der Waals surface area contributed by atoms with Gasteiger partial charge in [-0.1, -0.05) is 71.7 Å². The van der Waals surface area contributed by atoms with Gasteiger partial charge in [0, 0.05) is 31.1 Å². The standard InChI is InChI=1S/C33H29Cl2N3O5/c34-28-10-9-25(13-27(28)32(40)41)43-33-36-30-14-26(29(35)15-31(30)37-33)24-7-5-23(6-8-24)22-3-1-20(2-4-22)16-38-17-21(18-38)19-42-12-11-39/h1-10,13-15,21,39H,11-12,16-19H2,(H,36,37)(H,40,41). The second-order valence-electron chi connectivity index (χ2n) is 10.6. The fourth-order valence-corrected chi connectivity index (χ4v) is 5.72. The number of benzene rings is 4. The Morgan fingerprint density at radius 1 is 0.930 bits per heavy atom. The molecule has 6 rings (SSSR count). The molecule has 10 heteroatoms. The molecule has 3 N–H and O–H groups in total. The molecule has 2 heterocycles. The minimum atomic E-state index is -1.14. The summed E-state index contributed by atoms with van der Waals surface area (Å²) in [5.41, 5.74) is 6.61. The lowest BCUT2D eigenvalue weighted by Crippen LogP contribution is -2.48. The highest BCUT2D eigenvalue weighted by Crippen LogP contribution is 2.35. The van der Waals surface area contributed by atoms with E-state index < -0.39 is 5.97 Å². The van der Waals surface area contributed by atoms with Crippen molar-refractivity contribution in [1.29, 1.82) is 0 Å². The molecule has 0 spiro atoms. The van der Waals surface area contributed by atoms with E-state index in [2.05, 4.69) is 51.3 Å². The summed E-state index contributed by atoms with van der Waals surface area (Å²) in [7, 11) is 0. The number of hydrogen-bond acceptors (Lipinski definition) is 6. The first-order chi connectivity index (χ1) is 20.9. The van der Waals surface area contributed by atoms with E-state index in [4.69, 9.17) is 37.8 Å². The van der Waals surface area contributed by atoms with Crippen molar-refractivity contribution in [2.45, 2.75) is 6.54 Å². The largest absolute Gasteiger partial charge is 0.478 e. The highest BCUT2D eigenvalue weighted by atomic mass is 35.5. The minimum absolute atomic E-state index is 0.0533. The monoisotopic (exact) mass is 617 g/mol. The third-order valence-electron chi connectivity index (χ3n) is 7.44. The average molecular weight is 619 g/mol. The maximum atomic E-state index is 11.4. The van der Waals surface area contributed by atoms with E-state index in [9.17, 15) is 9.90 Å². The summed E-state index contributed by atoms with van der Waals surface area (Å²) in [5, 5.41) is 18.8. The molecule has 8 nitrogen and oxygen atoms in total. The SMILES string of the molecule is O=C(O)c1cc(Oc2nc3cc(-c4ccc(-c5ccc(CN6CC(COCCO)C6)cc5)cc4)c(Cl)cc3[nH]2)ccc1Cl. The number of aromatic amines is 1. The molecular formula is C33H29Cl2N3O5. The molecule has 1 aromatic heterocycles. The fourth-order valence-electron chi connectivity index (χ4n) is 5.25. The predicted molar refractivity (Wildman–Crippen MR) is 167 cm³/mol. The number of aromatic nitrogens is 2. The lowest BCUT2D eigenvalue weighted by atomic mass is 9.98. The Morgan fingerprint density at radius 2 is 1.63 bits per heavy atom. The number of fused-ring (bicyclic) bond motifs is 1. The van der Waals surface area contributed by atoms with Crippen LogP contribution in [0.3, 0.4) is 0 Å². The number of aliphatic hydroxyl groups is 1. The van der Waals surface area contributed by atoms with Gasteiger partial charge < -0.3 is 24.7 Å². The van der Waals surface area contributed by atoms with Crippen LogP contribution in [0.5, 0.6) is 11.8 Å². The molecule has 43 heavy (non-hydrogen) atoms. The number of aromatic carboxylic acids is 1. The Morgan fingerprint density at radius 3 is 2.33 bits per heavy atom. The Hall–Kier alpha value is -3.92. The van der Waals surface area contributed by atoms with Gasteiger partial charge in [0.05, 0.1) is 46.5 Å². The molecule has 220 valence electrons. The smallest absolute Gasteiger partial charge is 0.337 e. The quantitative estimate of drug-likeness (QED) is 0.135. The van der Waals surface area contributed by atoms with Gasteiger partial charge in [0.2, 0.25) is 0 Å². The van der Waals surface area contributed by atoms with Crippen LogP contribution in [0.1, 0.15) is 15.9 Å². The van der Waals surface area contributed by atoms with Crippen molar-refractivity contribution >= 4 is 40.2 Å². The number of carbonyl (C=O) groups is 1. The first kappa shape index (κ1) is 29.2. The molecule has 0 radical (unpaired) electrons. The maximum Gasteiger partial charge on any atom is 0.337 e. The van der Waals surface area contributed by atoms with Gasteiger partial charge in [-0.05, 0) is 52.6 Å². The second-order valence-corrected chi connectivity index (χ2v) is 11.4. The van der Waals surface area contributed by atoms with Crippen LogP contribution in [-0.2, 0) is 11.3 Å². The third kappa shape index (κ3) is 6.69. The Balaban J connectivity index is 1.11. The highest BCUT2D eigenvalue weighted by Gasteiger charge is 2.26. The number of likely N-dealkylation sites (tertiary alicyclic amines) is 1. The fraction of sp³-hybridized carbons (Fsp3) is 0.212. The Bertz CT molecular complexity index is 1750. The molecule has 5 aromatic rings. The van der Waals surface area contributed by atoms with Crippen molar-refractivity contribution in [2.24, 2.45) is 5.92 Å². The number of halogens is 2. The summed E-state index contributed by atoms with van der Waals surface area (Å²) in [5.74, 6) is -0.297. The van der Waals surface area contributed by atoms with Gasteiger partial charge in [-0.2, -0.15) is 4.98 Å². The van der Waals surface area contributed by atoms with Gasteiger partial charge in [0.1, 0.15) is 5.75 Å². The van der Waals surface area contributed by atoms with Crippen LogP contribution in [0, 0.1) is 5.92 Å². The Labute approximate surface area is 258 Å². The van der Waals surface area contributed by atoms with Crippen LogP contribution in [-0.4, -0.2) is 64.0 Å². The molecule has 1 aliphatic heterocycles. The number of ether oxygens (including phenoxy) is 2. The molecule has 0 bridgehead atoms. The summed E-state index contributed by atoms with van der Waals surface area (Å²) >= 11 is 12.6. The van der Waals surface area contributed by atoms with Gasteiger partial charge >= 0.3 is 5.97 Å². The zero-order chi connectivity index (χ0) is 29.9. The number of nitrogens with zero attached hydrogens (tertiary/aromatic N) is 2. The van der Waals surface area contributed by atoms with Crippen molar-refractivity contribution in [2.75, 3.05) is 32.9 Å². The number of carboxylic acid groups (broad SMARTS) is 1. The van der Waals surface area contributed by atoms with Crippen molar-refractivity contribution < 1.29 is 24.5 Å². The molecule has 1 aliphatic rings.